The van der Waals surface area contributed by atoms with Crippen molar-refractivity contribution in [3.63, 3.8) is 0 Å². The lowest BCUT2D eigenvalue weighted by atomic mass is 9.94. The minimum Gasteiger partial charge on any atom is -0.327 e. The van der Waals surface area contributed by atoms with Gasteiger partial charge in [0.2, 0.25) is 0 Å². The molecule has 1 unspecified atom stereocenters. The molecule has 3 nitrogen and oxygen atoms in total. The number of rotatable bonds is 9. The van der Waals surface area contributed by atoms with E-state index in [1.807, 2.05) is 52.0 Å². The van der Waals surface area contributed by atoms with Crippen molar-refractivity contribution in [2.75, 3.05) is 0 Å². The van der Waals surface area contributed by atoms with Crippen LogP contribution < -0.4 is 0 Å². The molecule has 32 heavy (non-hydrogen) atoms. The summed E-state index contributed by atoms with van der Waals surface area (Å²) in [5.74, 6) is 1.77. The number of fused-ring (bicyclic) bond motifs is 1. The van der Waals surface area contributed by atoms with Gasteiger partial charge in [0.05, 0.1) is 26.7 Å². The van der Waals surface area contributed by atoms with E-state index in [0.717, 1.165) is 37.7 Å². The Labute approximate surface area is 207 Å². The number of hydrogen-bond acceptors (Lipinski definition) is 2. The van der Waals surface area contributed by atoms with Gasteiger partial charge in [-0.25, -0.2) is 9.19 Å². The standard InChI is InChI=1S/C25H37BrN2OS.C2H6/c1-8-11-19(12-9-2)17-28-22-15-14-20(30(29)23(13-10-3)18(4)26)16-21(22)27-24(28)25(5,6)7;1-2/h10,13-16,19H,8-9,11-12,17H2,1-7H3;1-2H3/b13-10-,23-18-;. The van der Waals surface area contributed by atoms with E-state index >= 15 is 0 Å². The average molecular weight is 524 g/mol. The molecule has 5 heteroatoms. The predicted molar refractivity (Wildman–Crippen MR) is 146 cm³/mol. The number of benzene rings is 1. The summed E-state index contributed by atoms with van der Waals surface area (Å²) in [6.45, 7) is 20.1. The van der Waals surface area contributed by atoms with Crippen LogP contribution in [-0.2, 0) is 22.8 Å². The molecule has 0 radical (unpaired) electrons. The van der Waals surface area contributed by atoms with E-state index < -0.39 is 10.8 Å². The number of nitrogens with zero attached hydrogens (tertiary/aromatic N) is 2. The quantitative estimate of drug-likeness (QED) is 0.308. The lowest BCUT2D eigenvalue weighted by molar-refractivity contribution is 0.367. The van der Waals surface area contributed by atoms with Crippen LogP contribution in [0.3, 0.4) is 0 Å². The van der Waals surface area contributed by atoms with Crippen molar-refractivity contribution in [3.8, 4) is 0 Å². The largest absolute Gasteiger partial charge is 0.327 e. The normalized spacial score (nSPS) is 14.0. The molecule has 0 aliphatic rings. The van der Waals surface area contributed by atoms with Crippen molar-refractivity contribution in [1.82, 2.24) is 9.55 Å². The zero-order chi connectivity index (χ0) is 24.5. The van der Waals surface area contributed by atoms with Crippen molar-refractivity contribution in [1.29, 1.82) is 0 Å². The van der Waals surface area contributed by atoms with Crippen LogP contribution in [0.4, 0.5) is 0 Å². The number of halogens is 1. The van der Waals surface area contributed by atoms with Crippen LogP contribution in [-0.4, -0.2) is 13.8 Å². The lowest BCUT2D eigenvalue weighted by Crippen LogP contribution is -2.22. The fourth-order valence-electron chi connectivity index (χ4n) is 3.97. The maximum Gasteiger partial charge on any atom is 0.115 e. The molecule has 180 valence electrons. The Hall–Kier alpha value is -1.20. The smallest absolute Gasteiger partial charge is 0.115 e. The van der Waals surface area contributed by atoms with Crippen molar-refractivity contribution in [3.05, 3.63) is 45.6 Å². The van der Waals surface area contributed by atoms with Crippen LogP contribution >= 0.6 is 15.9 Å². The van der Waals surface area contributed by atoms with Crippen LogP contribution in [0.2, 0.25) is 0 Å². The van der Waals surface area contributed by atoms with Crippen molar-refractivity contribution in [2.24, 2.45) is 5.92 Å². The van der Waals surface area contributed by atoms with Gasteiger partial charge in [-0.05, 0) is 56.9 Å². The van der Waals surface area contributed by atoms with E-state index in [2.05, 4.69) is 61.2 Å². The second-order valence-corrected chi connectivity index (χ2v) is 11.7. The summed E-state index contributed by atoms with van der Waals surface area (Å²) in [5.41, 5.74) is 2.03. The molecule has 2 rings (SSSR count). The lowest BCUT2D eigenvalue weighted by Gasteiger charge is -2.24. The van der Waals surface area contributed by atoms with Crippen molar-refractivity contribution >= 4 is 37.8 Å². The Morgan fingerprint density at radius 2 is 1.78 bits per heavy atom. The fraction of sp³-hybridized carbons (Fsp3) is 0.593. The van der Waals surface area contributed by atoms with Crippen LogP contribution in [0.1, 0.15) is 93.8 Å². The van der Waals surface area contributed by atoms with Gasteiger partial charge in [-0.3, -0.25) is 0 Å². The summed E-state index contributed by atoms with van der Waals surface area (Å²) >= 11 is 3.50. The molecule has 0 spiro atoms. The van der Waals surface area contributed by atoms with Gasteiger partial charge in [0.15, 0.2) is 0 Å². The van der Waals surface area contributed by atoms with Gasteiger partial charge in [0.1, 0.15) is 5.82 Å². The second-order valence-electron chi connectivity index (χ2n) is 9.06. The van der Waals surface area contributed by atoms with Crippen LogP contribution in [0.25, 0.3) is 11.0 Å². The van der Waals surface area contributed by atoms with E-state index in [0.29, 0.717) is 5.92 Å². The van der Waals surface area contributed by atoms with Crippen LogP contribution in [0, 0.1) is 5.92 Å². The maximum absolute atomic E-state index is 13.2. The summed E-state index contributed by atoms with van der Waals surface area (Å²) in [5, 5.41) is 0. The molecule has 0 saturated heterocycles. The molecular formula is C27H43BrN2OS. The number of hydrogen-bond donors (Lipinski definition) is 0. The molecule has 0 bridgehead atoms. The molecular weight excluding hydrogens is 480 g/mol. The Balaban J connectivity index is 0.00000249. The van der Waals surface area contributed by atoms with E-state index in [-0.39, 0.29) is 5.41 Å². The van der Waals surface area contributed by atoms with Crippen molar-refractivity contribution in [2.45, 2.75) is 105 Å². The SMILES string of the molecule is C/C=C\C(=C(/C)Br)S(=O)c1ccc2c(c1)nc(C(C)(C)C)n2CC(CCC)CCC.CC. The monoisotopic (exact) mass is 522 g/mol. The Morgan fingerprint density at radius 3 is 2.25 bits per heavy atom. The molecule has 0 aliphatic carbocycles. The highest BCUT2D eigenvalue weighted by Gasteiger charge is 2.25. The topological polar surface area (TPSA) is 34.9 Å². The first-order valence-corrected chi connectivity index (χ1v) is 14.0. The van der Waals surface area contributed by atoms with Gasteiger partial charge in [-0.1, -0.05) is 83.3 Å². The molecule has 1 aromatic heterocycles. The fourth-order valence-corrected chi connectivity index (χ4v) is 5.72. The average Bonchev–Trinajstić information content (AvgIpc) is 3.11. The molecule has 0 aliphatic heterocycles. The highest BCUT2D eigenvalue weighted by atomic mass is 79.9. The summed E-state index contributed by atoms with van der Waals surface area (Å²) in [4.78, 5) is 6.61. The van der Waals surface area contributed by atoms with Gasteiger partial charge < -0.3 is 4.57 Å². The molecule has 0 amide bonds. The highest BCUT2D eigenvalue weighted by molar-refractivity contribution is 9.11. The summed E-state index contributed by atoms with van der Waals surface area (Å²) < 4.78 is 16.5. The van der Waals surface area contributed by atoms with E-state index in [1.54, 1.807) is 0 Å². The van der Waals surface area contributed by atoms with E-state index in [1.165, 1.54) is 25.7 Å². The first-order valence-electron chi connectivity index (χ1n) is 12.1. The zero-order valence-electron chi connectivity index (χ0n) is 21.6. The molecule has 0 fully saturated rings. The van der Waals surface area contributed by atoms with Gasteiger partial charge in [-0.15, -0.1) is 0 Å². The Morgan fingerprint density at radius 1 is 1.19 bits per heavy atom. The van der Waals surface area contributed by atoms with Gasteiger partial charge >= 0.3 is 0 Å². The molecule has 1 aromatic carbocycles. The predicted octanol–water partition coefficient (Wildman–Crippen LogP) is 8.89. The molecule has 1 heterocycles. The third-order valence-corrected chi connectivity index (χ3v) is 7.51. The van der Waals surface area contributed by atoms with Gasteiger partial charge in [0.25, 0.3) is 0 Å². The first kappa shape index (κ1) is 28.8. The van der Waals surface area contributed by atoms with Gasteiger partial charge in [-0.2, -0.15) is 0 Å². The third kappa shape index (κ3) is 7.41. The van der Waals surface area contributed by atoms with E-state index in [4.69, 9.17) is 4.98 Å². The molecule has 0 saturated carbocycles. The summed E-state index contributed by atoms with van der Waals surface area (Å²) in [6, 6.07) is 6.11. The first-order chi connectivity index (χ1) is 15.1. The van der Waals surface area contributed by atoms with Crippen LogP contribution in [0.5, 0.6) is 0 Å². The zero-order valence-corrected chi connectivity index (χ0v) is 24.0. The maximum atomic E-state index is 13.2. The Kier molecular flexibility index (Phi) is 12.2. The minimum atomic E-state index is -1.25. The molecule has 2 aromatic rings. The number of allylic oxidation sites excluding steroid dienone is 3. The molecule has 1 atom stereocenters. The van der Waals surface area contributed by atoms with Crippen molar-refractivity contribution < 1.29 is 4.21 Å². The summed E-state index contributed by atoms with van der Waals surface area (Å²) in [7, 11) is -1.25. The third-order valence-electron chi connectivity index (χ3n) is 5.30. The number of aromatic nitrogens is 2. The minimum absolute atomic E-state index is 0.0518. The van der Waals surface area contributed by atoms with Gasteiger partial charge in [0, 0.05) is 21.3 Å². The summed E-state index contributed by atoms with van der Waals surface area (Å²) in [6.07, 6.45) is 8.71. The second kappa shape index (κ2) is 13.5. The van der Waals surface area contributed by atoms with E-state index in [9.17, 15) is 4.21 Å². The Bertz CT molecular complexity index is 940. The highest BCUT2D eigenvalue weighted by Crippen LogP contribution is 2.31. The number of imidazole rings is 1. The molecule has 0 N–H and O–H groups in total. The van der Waals surface area contributed by atoms with Crippen LogP contribution in [0.15, 0.2) is 44.6 Å².